The number of hydrogen-bond donors (Lipinski definition) is 0. The van der Waals surface area contributed by atoms with Crippen LogP contribution in [0.1, 0.15) is 45.2 Å². The Morgan fingerprint density at radius 3 is 1.70 bits per heavy atom. The first-order valence-corrected chi connectivity index (χ1v) is 8.72. The predicted molar refractivity (Wildman–Crippen MR) is 103 cm³/mol. The molecule has 1 nitrogen and oxygen atoms in total. The molecule has 0 saturated heterocycles. The van der Waals surface area contributed by atoms with Gasteiger partial charge in [0.25, 0.3) is 0 Å². The summed E-state index contributed by atoms with van der Waals surface area (Å²) < 4.78 is 1.06. The van der Waals surface area contributed by atoms with E-state index in [1.165, 1.54) is 24.1 Å². The van der Waals surface area contributed by atoms with Crippen molar-refractivity contribution in [1.82, 2.24) is 0 Å². The fourth-order valence-corrected chi connectivity index (χ4v) is 2.28. The fraction of sp³-hybridized carbons (Fsp3) is 0.455. The summed E-state index contributed by atoms with van der Waals surface area (Å²) in [6.45, 7) is 11.3. The van der Waals surface area contributed by atoms with Gasteiger partial charge in [0, 0.05) is 5.56 Å². The van der Waals surface area contributed by atoms with E-state index in [1.54, 1.807) is 0 Å². The quantitative estimate of drug-likeness (QED) is 0.625. The first-order valence-electron chi connectivity index (χ1n) is 8.72. The number of benzene rings is 2. The average molecular weight is 313 g/mol. The van der Waals surface area contributed by atoms with Gasteiger partial charge in [0.15, 0.2) is 0 Å². The van der Waals surface area contributed by atoms with Gasteiger partial charge in [0.05, 0.1) is 20.6 Å². The molecule has 2 rings (SSSR count). The van der Waals surface area contributed by atoms with Crippen LogP contribution in [0.25, 0.3) is 0 Å². The molecule has 0 bridgehead atoms. The highest BCUT2D eigenvalue weighted by Crippen LogP contribution is 2.25. The Morgan fingerprint density at radius 2 is 1.26 bits per heavy atom. The van der Waals surface area contributed by atoms with E-state index in [0.29, 0.717) is 5.41 Å². The van der Waals surface area contributed by atoms with Gasteiger partial charge in [-0.25, -0.2) is 0 Å². The highest BCUT2D eigenvalue weighted by molar-refractivity contribution is 5.22. The second-order valence-electron chi connectivity index (χ2n) is 7.50. The summed E-state index contributed by atoms with van der Waals surface area (Å²) in [7, 11) is 4.51. The Morgan fingerprint density at radius 1 is 0.783 bits per heavy atom. The first-order chi connectivity index (χ1) is 10.8. The molecule has 0 aromatic heterocycles. The van der Waals surface area contributed by atoms with Crippen LogP contribution < -0.4 is 0 Å². The van der Waals surface area contributed by atoms with Crippen LogP contribution in [0.5, 0.6) is 0 Å². The van der Waals surface area contributed by atoms with Crippen molar-refractivity contribution in [2.45, 2.75) is 46.1 Å². The summed E-state index contributed by atoms with van der Waals surface area (Å²) in [6.07, 6.45) is 1.19. The molecule has 0 fully saturated rings. The van der Waals surface area contributed by atoms with Gasteiger partial charge in [-0.15, -0.1) is 0 Å². The van der Waals surface area contributed by atoms with Crippen LogP contribution in [0.3, 0.4) is 0 Å². The Hall–Kier alpha value is -1.60. The second-order valence-corrected chi connectivity index (χ2v) is 7.50. The van der Waals surface area contributed by atoms with Gasteiger partial charge in [0.2, 0.25) is 0 Å². The minimum atomic E-state index is 0.335. The maximum absolute atomic E-state index is 2.28. The van der Waals surface area contributed by atoms with E-state index >= 15 is 0 Å². The zero-order valence-corrected chi connectivity index (χ0v) is 15.8. The zero-order chi connectivity index (χ0) is 17.3. The van der Waals surface area contributed by atoms with Crippen LogP contribution in [0.2, 0.25) is 0 Å². The van der Waals surface area contributed by atoms with Crippen molar-refractivity contribution < 1.29 is 4.48 Å². The third-order valence-corrected chi connectivity index (χ3v) is 4.75. The molecular weight excluding hydrogens is 278 g/mol. The van der Waals surface area contributed by atoms with Crippen molar-refractivity contribution in [3.05, 3.63) is 71.8 Å². The van der Waals surface area contributed by atoms with Gasteiger partial charge in [-0.1, -0.05) is 81.4 Å². The van der Waals surface area contributed by atoms with Crippen molar-refractivity contribution in [3.8, 4) is 0 Å². The van der Waals surface area contributed by atoms with Crippen LogP contribution in [0, 0.1) is 0 Å². The second kappa shape index (κ2) is 8.88. The number of rotatable bonds is 5. The third kappa shape index (κ3) is 7.00. The lowest BCUT2D eigenvalue weighted by Crippen LogP contribution is -2.38. The molecule has 0 radical (unpaired) electrons. The van der Waals surface area contributed by atoms with Gasteiger partial charge >= 0.3 is 0 Å². The minimum absolute atomic E-state index is 0.335. The zero-order valence-electron chi connectivity index (χ0n) is 15.8. The lowest BCUT2D eigenvalue weighted by Gasteiger charge is -2.28. The number of nitrogens with zero attached hydrogens (tertiary/aromatic N) is 1. The van der Waals surface area contributed by atoms with E-state index in [0.717, 1.165) is 11.0 Å². The molecule has 0 atom stereocenters. The van der Waals surface area contributed by atoms with E-state index in [-0.39, 0.29) is 0 Å². The maximum Gasteiger partial charge on any atom is 0.104 e. The number of hydrogen-bond acceptors (Lipinski definition) is 0. The normalized spacial score (nSPS) is 11.6. The summed E-state index contributed by atoms with van der Waals surface area (Å²) in [5, 5.41) is 0. The van der Waals surface area contributed by atoms with E-state index in [1.807, 2.05) is 0 Å². The Balaban J connectivity index is 0.000000231. The Labute approximate surface area is 143 Å². The Kier molecular flexibility index (Phi) is 7.51. The Bertz CT molecular complexity index is 541. The van der Waals surface area contributed by atoms with Crippen molar-refractivity contribution >= 4 is 0 Å². The standard InChI is InChI=1S/C11H18N.C11H16/c1-4-12(2,3)10-11-8-6-5-7-9-11;1-4-11(2,3)10-8-6-5-7-9-10/h5-9H,4,10H2,1-3H3;5-9H,4H2,1-3H3/q+1;. The molecule has 2 aromatic carbocycles. The molecule has 0 saturated carbocycles. The molecule has 23 heavy (non-hydrogen) atoms. The van der Waals surface area contributed by atoms with Crippen LogP contribution in [0.4, 0.5) is 0 Å². The fourth-order valence-electron chi connectivity index (χ4n) is 2.28. The summed E-state index contributed by atoms with van der Waals surface area (Å²) in [6, 6.07) is 21.3. The van der Waals surface area contributed by atoms with E-state index in [4.69, 9.17) is 0 Å². The maximum atomic E-state index is 2.28. The largest absolute Gasteiger partial charge is 0.325 e. The van der Waals surface area contributed by atoms with E-state index in [2.05, 4.69) is 102 Å². The lowest BCUT2D eigenvalue weighted by atomic mass is 9.82. The molecule has 0 spiro atoms. The highest BCUT2D eigenvalue weighted by atomic mass is 15.3. The molecule has 0 unspecified atom stereocenters. The molecule has 126 valence electrons. The van der Waals surface area contributed by atoms with Gasteiger partial charge in [-0.05, 0) is 24.3 Å². The summed E-state index contributed by atoms with van der Waals surface area (Å²) in [5.41, 5.74) is 3.19. The molecular formula is C22H34N+. The highest BCUT2D eigenvalue weighted by Gasteiger charge is 2.16. The molecule has 0 aliphatic carbocycles. The molecule has 0 aliphatic heterocycles. The van der Waals surface area contributed by atoms with E-state index < -0.39 is 0 Å². The predicted octanol–water partition coefficient (Wildman–Crippen LogP) is 5.66. The van der Waals surface area contributed by atoms with Crippen LogP contribution in [-0.4, -0.2) is 25.1 Å². The molecule has 0 aliphatic rings. The number of quaternary nitrogens is 1. The van der Waals surface area contributed by atoms with Gasteiger partial charge in [-0.2, -0.15) is 0 Å². The minimum Gasteiger partial charge on any atom is -0.325 e. The van der Waals surface area contributed by atoms with E-state index in [9.17, 15) is 0 Å². The lowest BCUT2D eigenvalue weighted by molar-refractivity contribution is -0.901. The van der Waals surface area contributed by atoms with Crippen LogP contribution in [-0.2, 0) is 12.0 Å². The summed E-state index contributed by atoms with van der Waals surface area (Å²) in [5.74, 6) is 0. The van der Waals surface area contributed by atoms with Gasteiger partial charge in [0.1, 0.15) is 6.54 Å². The third-order valence-electron chi connectivity index (χ3n) is 4.75. The summed E-state index contributed by atoms with van der Waals surface area (Å²) >= 11 is 0. The molecule has 2 aromatic rings. The smallest absolute Gasteiger partial charge is 0.104 e. The molecule has 0 N–H and O–H groups in total. The van der Waals surface area contributed by atoms with Crippen molar-refractivity contribution in [2.24, 2.45) is 0 Å². The van der Waals surface area contributed by atoms with Crippen LogP contribution in [0.15, 0.2) is 60.7 Å². The van der Waals surface area contributed by atoms with Gasteiger partial charge < -0.3 is 4.48 Å². The monoisotopic (exact) mass is 312 g/mol. The topological polar surface area (TPSA) is 0 Å². The van der Waals surface area contributed by atoms with Crippen molar-refractivity contribution in [1.29, 1.82) is 0 Å². The van der Waals surface area contributed by atoms with Gasteiger partial charge in [-0.3, -0.25) is 0 Å². The summed E-state index contributed by atoms with van der Waals surface area (Å²) in [4.78, 5) is 0. The SMILES string of the molecule is CCC(C)(C)c1ccccc1.CC[N+](C)(C)Cc1ccccc1. The average Bonchev–Trinajstić information content (AvgIpc) is 2.57. The van der Waals surface area contributed by atoms with Crippen molar-refractivity contribution in [2.75, 3.05) is 20.6 Å². The van der Waals surface area contributed by atoms with Crippen LogP contribution >= 0.6 is 0 Å². The molecule has 0 heterocycles. The molecule has 1 heteroatoms. The van der Waals surface area contributed by atoms with Crippen molar-refractivity contribution in [3.63, 3.8) is 0 Å². The first kappa shape index (κ1) is 19.4. The molecule has 0 amide bonds.